The normalized spacial score (nSPS) is 7.50. The molecule has 0 aromatic rings. The molecule has 0 amide bonds. The molecule has 0 aliphatic heterocycles. The third-order valence-electron chi connectivity index (χ3n) is 0.0913. The lowest BCUT2D eigenvalue weighted by Crippen LogP contribution is -1.86. The van der Waals surface area contributed by atoms with E-state index in [0.717, 1.165) is 0 Å². The van der Waals surface area contributed by atoms with Crippen LogP contribution in [0.1, 0.15) is 0 Å². The molecule has 0 unspecified atom stereocenters. The van der Waals surface area contributed by atoms with Gasteiger partial charge in [0.15, 0.2) is 0 Å². The van der Waals surface area contributed by atoms with Crippen LogP contribution in [0.4, 0.5) is 0 Å². The maximum Gasteiger partial charge on any atom is 0.430 e. The molecule has 0 aromatic heterocycles. The van der Waals surface area contributed by atoms with Crippen LogP contribution in [-0.4, -0.2) is 21.9 Å². The molecule has 0 heterocycles. The first kappa shape index (κ1) is 4.14. The summed E-state index contributed by atoms with van der Waals surface area (Å²) in [6, 6.07) is 0. The van der Waals surface area contributed by atoms with Crippen LogP contribution in [0.5, 0.6) is 0 Å². The van der Waals surface area contributed by atoms with Crippen LogP contribution >= 0.6 is 0 Å². The second-order valence-electron chi connectivity index (χ2n) is 0.295. The van der Waals surface area contributed by atoms with E-state index in [1.54, 1.807) is 0 Å². The van der Waals surface area contributed by atoms with Crippen LogP contribution in [0.3, 0.4) is 0 Å². The summed E-state index contributed by atoms with van der Waals surface area (Å²) in [4.78, 5) is 7.68. The van der Waals surface area contributed by atoms with Gasteiger partial charge >= 0.3 is 10.0 Å². The summed E-state index contributed by atoms with van der Waals surface area (Å²) in [6.07, 6.45) is 0. The minimum absolute atomic E-state index is 0.360. The van der Waals surface area contributed by atoms with E-state index >= 15 is 0 Å². The van der Waals surface area contributed by atoms with Gasteiger partial charge in [-0.05, 0) is 0 Å². The first-order valence-corrected chi connectivity index (χ1v) is 1.69. The zero-order chi connectivity index (χ0) is 3.41. The van der Waals surface area contributed by atoms with Crippen LogP contribution in [0, 0.1) is 0 Å². The Hall–Kier alpha value is 0.137. The van der Waals surface area contributed by atoms with Crippen LogP contribution < -0.4 is 0 Å². The minimum Gasteiger partial charge on any atom is -0.409 e. The third kappa shape index (κ3) is 2.14. The zero-order valence-corrected chi connectivity index (χ0v) is 3.36. The molecule has 0 fully saturated rings. The molecule has 2 radical (unpaired) electrons. The molecule has 0 saturated carbocycles. The van der Waals surface area contributed by atoms with Crippen molar-refractivity contribution in [3.63, 3.8) is 0 Å². The molecule has 3 heteroatoms. The average molecular weight is 76.1 g/mol. The third-order valence-corrected chi connectivity index (χ3v) is 0.274. The lowest BCUT2D eigenvalue weighted by atomic mass is 11.8. The van der Waals surface area contributed by atoms with E-state index in [4.69, 9.17) is 4.80 Å². The van der Waals surface area contributed by atoms with Gasteiger partial charge in [-0.1, -0.05) is 0 Å². The summed E-state index contributed by atoms with van der Waals surface area (Å²) in [6.45, 7) is 0. The van der Waals surface area contributed by atoms with Crippen LogP contribution in [0.2, 0.25) is 0 Å². The average Bonchev–Trinajstić information content (AvgIpc) is 1.37. The monoisotopic (exact) mass is 76.0 g/mol. The van der Waals surface area contributed by atoms with E-state index < -0.39 is 0 Å². The summed E-state index contributed by atoms with van der Waals surface area (Å²) in [5.41, 5.74) is 0. The van der Waals surface area contributed by atoms with E-state index in [-0.39, 0.29) is 10.0 Å². The maximum absolute atomic E-state index is 7.68. The van der Waals surface area contributed by atoms with E-state index in [2.05, 4.69) is 4.43 Å². The van der Waals surface area contributed by atoms with Gasteiger partial charge < -0.3 is 9.22 Å². The summed E-state index contributed by atoms with van der Waals surface area (Å²) in [5, 5.41) is 0. The molecule has 0 atom stereocenters. The van der Waals surface area contributed by atoms with E-state index in [9.17, 15) is 0 Å². The molecule has 4 heavy (non-hydrogen) atoms. The summed E-state index contributed by atoms with van der Waals surface area (Å²) < 4.78 is 4.12. The molecule has 1 N–H and O–H groups in total. The second-order valence-corrected chi connectivity index (χ2v) is 0.886. The first-order chi connectivity index (χ1) is 1.91. The Morgan fingerprint density at radius 3 is 2.25 bits per heavy atom. The van der Waals surface area contributed by atoms with Crippen molar-refractivity contribution in [3.05, 3.63) is 0 Å². The van der Waals surface area contributed by atoms with Gasteiger partial charge in [-0.2, -0.15) is 0 Å². The number of hydrogen-bond acceptors (Lipinski definition) is 2. The van der Waals surface area contributed by atoms with Gasteiger partial charge in [0, 0.05) is 7.11 Å². The number of hydrogen-bond donors (Lipinski definition) is 1. The Balaban J connectivity index is 1.97. The lowest BCUT2D eigenvalue weighted by Gasteiger charge is -1.71. The fourth-order valence-electron chi connectivity index (χ4n) is 0. The smallest absolute Gasteiger partial charge is 0.409 e. The van der Waals surface area contributed by atoms with Crippen molar-refractivity contribution in [2.24, 2.45) is 0 Å². The number of rotatable bonds is 1. The highest BCUT2D eigenvalue weighted by molar-refractivity contribution is 6.15. The molecule has 0 rings (SSSR count). The largest absolute Gasteiger partial charge is 0.430 e. The van der Waals surface area contributed by atoms with Crippen molar-refractivity contribution < 1.29 is 9.22 Å². The second kappa shape index (κ2) is 3.14. The van der Waals surface area contributed by atoms with Crippen LogP contribution in [0.25, 0.3) is 0 Å². The van der Waals surface area contributed by atoms with Gasteiger partial charge in [-0.25, -0.2) is 0 Å². The molecule has 0 aliphatic rings. The highest BCUT2D eigenvalue weighted by Crippen LogP contribution is 1.40. The zero-order valence-electron chi connectivity index (χ0n) is 2.36. The van der Waals surface area contributed by atoms with Crippen LogP contribution in [0.15, 0.2) is 0 Å². The molecule has 0 aromatic carbocycles. The topological polar surface area (TPSA) is 29.5 Å². The fraction of sp³-hybridized carbons (Fsp3) is 1.00. The Morgan fingerprint density at radius 2 is 2.25 bits per heavy atom. The quantitative estimate of drug-likeness (QED) is 0.413. The summed E-state index contributed by atoms with van der Waals surface area (Å²) in [5.74, 6) is 0. The fourth-order valence-corrected chi connectivity index (χ4v) is 0. The van der Waals surface area contributed by atoms with Crippen molar-refractivity contribution >= 4 is 10.0 Å². The SMILES string of the molecule is CO[Si]O. The summed E-state index contributed by atoms with van der Waals surface area (Å²) in [7, 11) is 1.08. The maximum atomic E-state index is 7.68. The van der Waals surface area contributed by atoms with Gasteiger partial charge in [0.1, 0.15) is 0 Å². The Bertz CT molecular complexity index is 8.00. The van der Waals surface area contributed by atoms with Gasteiger partial charge in [-0.3, -0.25) is 0 Å². The Labute approximate surface area is 27.5 Å². The van der Waals surface area contributed by atoms with Gasteiger partial charge in [0.25, 0.3) is 0 Å². The molecular formula is CH4O2Si. The predicted molar refractivity (Wildman–Crippen MR) is 15.0 cm³/mol. The molecule has 2 nitrogen and oxygen atoms in total. The van der Waals surface area contributed by atoms with Gasteiger partial charge in [0.2, 0.25) is 0 Å². The van der Waals surface area contributed by atoms with Crippen molar-refractivity contribution in [3.8, 4) is 0 Å². The summed E-state index contributed by atoms with van der Waals surface area (Å²) >= 11 is 0. The molecule has 0 bridgehead atoms. The van der Waals surface area contributed by atoms with E-state index in [1.165, 1.54) is 7.11 Å². The van der Waals surface area contributed by atoms with Crippen molar-refractivity contribution in [1.29, 1.82) is 0 Å². The molecule has 0 aliphatic carbocycles. The minimum atomic E-state index is -0.360. The van der Waals surface area contributed by atoms with Gasteiger partial charge in [0.05, 0.1) is 0 Å². The highest BCUT2D eigenvalue weighted by atomic mass is 28.2. The van der Waals surface area contributed by atoms with Crippen molar-refractivity contribution in [1.82, 2.24) is 0 Å². The first-order valence-electron chi connectivity index (χ1n) is 0.836. The van der Waals surface area contributed by atoms with Crippen LogP contribution in [-0.2, 0) is 4.43 Å². The predicted octanol–water partition coefficient (Wildman–Crippen LogP) is -0.841. The Kier molecular flexibility index (Phi) is 3.24. The standard InChI is InChI=1S/CH4O2Si/c1-3-4-2/h2H,1H3. The Morgan fingerprint density at radius 1 is 2.00 bits per heavy atom. The van der Waals surface area contributed by atoms with Gasteiger partial charge in [-0.15, -0.1) is 0 Å². The van der Waals surface area contributed by atoms with Crippen molar-refractivity contribution in [2.45, 2.75) is 0 Å². The van der Waals surface area contributed by atoms with E-state index in [1.807, 2.05) is 0 Å². The van der Waals surface area contributed by atoms with E-state index in [0.29, 0.717) is 0 Å². The molecule has 0 saturated heterocycles. The molecule has 0 spiro atoms. The highest BCUT2D eigenvalue weighted by Gasteiger charge is 1.63. The van der Waals surface area contributed by atoms with Crippen molar-refractivity contribution in [2.75, 3.05) is 7.11 Å². The molecular weight excluding hydrogens is 72.1 g/mol. The molecule has 24 valence electrons. The lowest BCUT2D eigenvalue weighted by molar-refractivity contribution is 0.360.